The predicted molar refractivity (Wildman–Crippen MR) is 88.9 cm³/mol. The summed E-state index contributed by atoms with van der Waals surface area (Å²) in [7, 11) is 0. The van der Waals surface area contributed by atoms with Crippen molar-refractivity contribution in [1.29, 1.82) is 0 Å². The summed E-state index contributed by atoms with van der Waals surface area (Å²) in [5.41, 5.74) is 1.61. The van der Waals surface area contributed by atoms with Gasteiger partial charge in [-0.25, -0.2) is 9.97 Å². The van der Waals surface area contributed by atoms with Crippen molar-refractivity contribution < 1.29 is 4.79 Å². The van der Waals surface area contributed by atoms with E-state index < -0.39 is 0 Å². The van der Waals surface area contributed by atoms with Gasteiger partial charge in [-0.05, 0) is 25.4 Å². The van der Waals surface area contributed by atoms with Gasteiger partial charge in [-0.3, -0.25) is 4.79 Å². The first-order valence-electron chi connectivity index (χ1n) is 7.19. The van der Waals surface area contributed by atoms with E-state index in [9.17, 15) is 4.79 Å². The number of rotatable bonds is 4. The number of benzene rings is 1. The van der Waals surface area contributed by atoms with Crippen LogP contribution in [0.15, 0.2) is 42.7 Å². The Labute approximate surface area is 136 Å². The average molecular weight is 319 g/mol. The van der Waals surface area contributed by atoms with Crippen LogP contribution in [0.25, 0.3) is 11.4 Å². The van der Waals surface area contributed by atoms with Crippen molar-refractivity contribution in [2.45, 2.75) is 12.8 Å². The first kappa shape index (κ1) is 16.4. The zero-order chi connectivity index (χ0) is 14.5. The van der Waals surface area contributed by atoms with E-state index in [1.54, 1.807) is 12.4 Å². The molecule has 116 valence electrons. The summed E-state index contributed by atoms with van der Waals surface area (Å²) in [6.45, 7) is 1.93. The maximum absolute atomic E-state index is 11.9. The minimum atomic E-state index is 0. The fourth-order valence-corrected chi connectivity index (χ4v) is 2.49. The van der Waals surface area contributed by atoms with Crippen molar-refractivity contribution in [3.8, 4) is 11.4 Å². The van der Waals surface area contributed by atoms with E-state index in [1.807, 2.05) is 30.3 Å². The second-order valence-electron chi connectivity index (χ2n) is 5.27. The Bertz CT molecular complexity index is 597. The number of carbonyl (C=O) groups excluding carboxylic acids is 1. The molecule has 22 heavy (non-hydrogen) atoms. The van der Waals surface area contributed by atoms with Gasteiger partial charge in [-0.2, -0.15) is 0 Å². The Morgan fingerprint density at radius 3 is 2.59 bits per heavy atom. The van der Waals surface area contributed by atoms with Gasteiger partial charge in [0.25, 0.3) is 0 Å². The zero-order valence-corrected chi connectivity index (χ0v) is 13.0. The Morgan fingerprint density at radius 2 is 1.95 bits per heavy atom. The largest absolute Gasteiger partial charge is 0.323 e. The molecule has 1 saturated heterocycles. The van der Waals surface area contributed by atoms with Crippen molar-refractivity contribution in [2.24, 2.45) is 5.92 Å². The summed E-state index contributed by atoms with van der Waals surface area (Å²) in [5, 5.41) is 6.12. The minimum Gasteiger partial charge on any atom is -0.323 e. The summed E-state index contributed by atoms with van der Waals surface area (Å²) < 4.78 is 0. The van der Waals surface area contributed by atoms with Crippen LogP contribution < -0.4 is 10.6 Å². The van der Waals surface area contributed by atoms with Gasteiger partial charge in [0.2, 0.25) is 5.91 Å². The van der Waals surface area contributed by atoms with Crippen LogP contribution in [-0.4, -0.2) is 29.0 Å². The molecule has 1 aliphatic heterocycles. The summed E-state index contributed by atoms with van der Waals surface area (Å²) >= 11 is 0. The Kier molecular flexibility index (Phi) is 5.86. The van der Waals surface area contributed by atoms with Crippen molar-refractivity contribution in [2.75, 3.05) is 18.4 Å². The Hall–Kier alpha value is -1.98. The molecule has 1 aromatic heterocycles. The molecule has 2 N–H and O–H groups in total. The first-order chi connectivity index (χ1) is 10.3. The number of nitrogens with one attached hydrogen (secondary N) is 2. The van der Waals surface area contributed by atoms with Crippen LogP contribution in [0.2, 0.25) is 0 Å². The second-order valence-corrected chi connectivity index (χ2v) is 5.27. The number of halogens is 1. The number of anilines is 1. The molecule has 2 heterocycles. The fraction of sp³-hybridized carbons (Fsp3) is 0.312. The molecule has 0 radical (unpaired) electrons. The van der Waals surface area contributed by atoms with E-state index in [4.69, 9.17) is 0 Å². The molecule has 1 amide bonds. The molecule has 1 aliphatic rings. The molecular weight excluding hydrogens is 300 g/mol. The molecule has 1 aromatic carbocycles. The third-order valence-electron chi connectivity index (χ3n) is 3.60. The highest BCUT2D eigenvalue weighted by Crippen LogP contribution is 2.16. The highest BCUT2D eigenvalue weighted by atomic mass is 35.5. The molecule has 1 atom stereocenters. The van der Waals surface area contributed by atoms with Gasteiger partial charge in [0.15, 0.2) is 5.82 Å². The number of aromatic nitrogens is 2. The normalized spacial score (nSPS) is 16.8. The number of nitrogens with zero attached hydrogens (tertiary/aromatic N) is 2. The standard InChI is InChI=1S/C16H18N4O.ClH/c21-15(8-12-6-7-17-9-12)20-14-10-18-16(19-11-14)13-4-2-1-3-5-13;/h1-5,10-12,17H,6-9H2,(H,20,21);1H. The van der Waals surface area contributed by atoms with Crippen LogP contribution in [0.4, 0.5) is 5.69 Å². The van der Waals surface area contributed by atoms with Crippen LogP contribution in [0, 0.1) is 5.92 Å². The number of amides is 1. The van der Waals surface area contributed by atoms with Gasteiger partial charge in [-0.1, -0.05) is 30.3 Å². The van der Waals surface area contributed by atoms with Gasteiger partial charge >= 0.3 is 0 Å². The smallest absolute Gasteiger partial charge is 0.224 e. The number of hydrogen-bond donors (Lipinski definition) is 2. The average Bonchev–Trinajstić information content (AvgIpc) is 3.02. The minimum absolute atomic E-state index is 0. The van der Waals surface area contributed by atoms with Crippen LogP contribution in [0.3, 0.4) is 0 Å². The monoisotopic (exact) mass is 318 g/mol. The molecule has 3 rings (SSSR count). The summed E-state index contributed by atoms with van der Waals surface area (Å²) in [6, 6.07) is 9.77. The molecule has 5 nitrogen and oxygen atoms in total. The molecule has 0 aliphatic carbocycles. The lowest BCUT2D eigenvalue weighted by atomic mass is 10.0. The molecule has 0 saturated carbocycles. The van der Waals surface area contributed by atoms with Crippen LogP contribution in [-0.2, 0) is 4.79 Å². The quantitative estimate of drug-likeness (QED) is 0.909. The number of hydrogen-bond acceptors (Lipinski definition) is 4. The van der Waals surface area contributed by atoms with Gasteiger partial charge in [-0.15, -0.1) is 12.4 Å². The molecule has 1 fully saturated rings. The van der Waals surface area contributed by atoms with Gasteiger partial charge in [0.05, 0.1) is 18.1 Å². The van der Waals surface area contributed by atoms with Gasteiger partial charge in [0, 0.05) is 12.0 Å². The summed E-state index contributed by atoms with van der Waals surface area (Å²) in [6.07, 6.45) is 4.92. The molecule has 0 bridgehead atoms. The topological polar surface area (TPSA) is 66.9 Å². The van der Waals surface area contributed by atoms with E-state index in [0.29, 0.717) is 23.9 Å². The SMILES string of the molecule is Cl.O=C(CC1CCNC1)Nc1cnc(-c2ccccc2)nc1. The third-order valence-corrected chi connectivity index (χ3v) is 3.60. The van der Waals surface area contributed by atoms with Crippen molar-refractivity contribution in [3.63, 3.8) is 0 Å². The Morgan fingerprint density at radius 1 is 1.23 bits per heavy atom. The molecule has 0 spiro atoms. The van der Waals surface area contributed by atoms with Crippen molar-refractivity contribution in [3.05, 3.63) is 42.7 Å². The molecule has 2 aromatic rings. The fourth-order valence-electron chi connectivity index (χ4n) is 2.49. The lowest BCUT2D eigenvalue weighted by Crippen LogP contribution is -2.18. The van der Waals surface area contributed by atoms with Gasteiger partial charge < -0.3 is 10.6 Å². The van der Waals surface area contributed by atoms with Crippen LogP contribution in [0.5, 0.6) is 0 Å². The van der Waals surface area contributed by atoms with E-state index in [2.05, 4.69) is 20.6 Å². The number of carbonyl (C=O) groups is 1. The van der Waals surface area contributed by atoms with E-state index in [-0.39, 0.29) is 18.3 Å². The highest BCUT2D eigenvalue weighted by Gasteiger charge is 2.18. The zero-order valence-electron chi connectivity index (χ0n) is 12.2. The molecule has 6 heteroatoms. The molecule has 1 unspecified atom stereocenters. The van der Waals surface area contributed by atoms with E-state index in [0.717, 1.165) is 25.1 Å². The lowest BCUT2D eigenvalue weighted by molar-refractivity contribution is -0.116. The second kappa shape index (κ2) is 7.87. The van der Waals surface area contributed by atoms with Crippen molar-refractivity contribution in [1.82, 2.24) is 15.3 Å². The third kappa shape index (κ3) is 4.26. The van der Waals surface area contributed by atoms with E-state index >= 15 is 0 Å². The first-order valence-corrected chi connectivity index (χ1v) is 7.19. The van der Waals surface area contributed by atoms with Crippen LogP contribution >= 0.6 is 12.4 Å². The molecular formula is C16H19ClN4O. The lowest BCUT2D eigenvalue weighted by Gasteiger charge is -2.09. The van der Waals surface area contributed by atoms with Crippen molar-refractivity contribution >= 4 is 24.0 Å². The van der Waals surface area contributed by atoms with Gasteiger partial charge in [0.1, 0.15) is 0 Å². The highest BCUT2D eigenvalue weighted by molar-refractivity contribution is 5.90. The maximum atomic E-state index is 11.9. The summed E-state index contributed by atoms with van der Waals surface area (Å²) in [5.74, 6) is 1.13. The van der Waals surface area contributed by atoms with E-state index in [1.165, 1.54) is 0 Å². The van der Waals surface area contributed by atoms with Crippen LogP contribution in [0.1, 0.15) is 12.8 Å². The Balaban J connectivity index is 0.00000176. The summed E-state index contributed by atoms with van der Waals surface area (Å²) in [4.78, 5) is 20.5. The maximum Gasteiger partial charge on any atom is 0.224 e. The predicted octanol–water partition coefficient (Wildman–Crippen LogP) is 2.50.